The molecule has 1 aromatic carbocycles. The summed E-state index contributed by atoms with van der Waals surface area (Å²) in [5, 5.41) is 12.0. The van der Waals surface area contributed by atoms with E-state index in [2.05, 4.69) is 21.3 Å². The Hall–Kier alpha value is -2.38. The Morgan fingerprint density at radius 3 is 2.85 bits per heavy atom. The Labute approximate surface area is 119 Å². The fourth-order valence-electron chi connectivity index (χ4n) is 2.10. The highest BCUT2D eigenvalue weighted by atomic mass is 15.1. The predicted octanol–water partition coefficient (Wildman–Crippen LogP) is 2.63. The second-order valence-corrected chi connectivity index (χ2v) is 4.77. The molecule has 0 saturated heterocycles. The van der Waals surface area contributed by atoms with Gasteiger partial charge in [0.1, 0.15) is 0 Å². The first-order valence-corrected chi connectivity index (χ1v) is 6.51. The number of benzene rings is 1. The molecule has 4 heteroatoms. The number of pyridine rings is 1. The Morgan fingerprint density at radius 1 is 1.25 bits per heavy atom. The molecule has 0 fully saturated rings. The lowest BCUT2D eigenvalue weighted by Crippen LogP contribution is -2.18. The van der Waals surface area contributed by atoms with Crippen molar-refractivity contribution in [2.24, 2.45) is 0 Å². The number of aromatic nitrogens is 1. The summed E-state index contributed by atoms with van der Waals surface area (Å²) in [7, 11) is 3.95. The first-order chi connectivity index (χ1) is 9.71. The van der Waals surface area contributed by atoms with Crippen LogP contribution in [0, 0.1) is 11.3 Å². The molecule has 2 aromatic rings. The SMILES string of the molecule is CNc1ccnc(CN(C)Cc2cccc(C#N)c2)c1. The molecule has 1 heterocycles. The largest absolute Gasteiger partial charge is 0.388 e. The van der Waals surface area contributed by atoms with Crippen LogP contribution < -0.4 is 5.32 Å². The van der Waals surface area contributed by atoms with Crippen molar-refractivity contribution in [3.8, 4) is 6.07 Å². The second kappa shape index (κ2) is 6.69. The molecule has 0 bridgehead atoms. The van der Waals surface area contributed by atoms with Gasteiger partial charge in [0.15, 0.2) is 0 Å². The molecule has 0 aliphatic rings. The molecule has 0 atom stereocenters. The molecule has 0 aliphatic carbocycles. The van der Waals surface area contributed by atoms with E-state index in [1.807, 2.05) is 56.7 Å². The number of hydrogen-bond donors (Lipinski definition) is 1. The normalized spacial score (nSPS) is 10.3. The van der Waals surface area contributed by atoms with E-state index in [-0.39, 0.29) is 0 Å². The molecule has 0 spiro atoms. The maximum Gasteiger partial charge on any atom is 0.0991 e. The second-order valence-electron chi connectivity index (χ2n) is 4.77. The molecule has 1 aromatic heterocycles. The van der Waals surface area contributed by atoms with Crippen LogP contribution in [-0.2, 0) is 13.1 Å². The molecule has 0 amide bonds. The van der Waals surface area contributed by atoms with Crippen LogP contribution in [0.1, 0.15) is 16.8 Å². The summed E-state index contributed by atoms with van der Waals surface area (Å²) in [6.07, 6.45) is 1.81. The van der Waals surface area contributed by atoms with E-state index in [4.69, 9.17) is 5.26 Å². The van der Waals surface area contributed by atoms with Crippen molar-refractivity contribution in [2.45, 2.75) is 13.1 Å². The maximum absolute atomic E-state index is 8.91. The molecule has 2 rings (SSSR count). The van der Waals surface area contributed by atoms with Crippen LogP contribution in [0.5, 0.6) is 0 Å². The number of hydrogen-bond acceptors (Lipinski definition) is 4. The van der Waals surface area contributed by atoms with Crippen molar-refractivity contribution >= 4 is 5.69 Å². The summed E-state index contributed by atoms with van der Waals surface area (Å²) in [5.41, 5.74) is 3.92. The van der Waals surface area contributed by atoms with Gasteiger partial charge < -0.3 is 5.32 Å². The van der Waals surface area contributed by atoms with Gasteiger partial charge in [0.05, 0.1) is 17.3 Å². The van der Waals surface area contributed by atoms with Crippen LogP contribution in [-0.4, -0.2) is 24.0 Å². The van der Waals surface area contributed by atoms with Crippen LogP contribution in [0.2, 0.25) is 0 Å². The third kappa shape index (κ3) is 3.81. The lowest BCUT2D eigenvalue weighted by molar-refractivity contribution is 0.315. The van der Waals surface area contributed by atoms with Gasteiger partial charge >= 0.3 is 0 Å². The smallest absolute Gasteiger partial charge is 0.0991 e. The van der Waals surface area contributed by atoms with E-state index in [1.54, 1.807) is 0 Å². The van der Waals surface area contributed by atoms with Gasteiger partial charge in [0, 0.05) is 32.0 Å². The van der Waals surface area contributed by atoms with Gasteiger partial charge in [-0.2, -0.15) is 5.26 Å². The minimum Gasteiger partial charge on any atom is -0.388 e. The number of nitriles is 1. The average Bonchev–Trinajstić information content (AvgIpc) is 2.47. The van der Waals surface area contributed by atoms with Crippen LogP contribution in [0.15, 0.2) is 42.6 Å². The summed E-state index contributed by atoms with van der Waals surface area (Å²) in [6, 6.07) is 13.9. The molecule has 0 unspecified atom stereocenters. The van der Waals surface area contributed by atoms with Crippen molar-refractivity contribution in [3.63, 3.8) is 0 Å². The van der Waals surface area contributed by atoms with E-state index < -0.39 is 0 Å². The van der Waals surface area contributed by atoms with E-state index in [0.29, 0.717) is 5.56 Å². The molecule has 0 radical (unpaired) electrons. The third-order valence-corrected chi connectivity index (χ3v) is 3.05. The van der Waals surface area contributed by atoms with Gasteiger partial charge in [0.2, 0.25) is 0 Å². The Balaban J connectivity index is 2.01. The number of nitrogens with zero attached hydrogens (tertiary/aromatic N) is 3. The van der Waals surface area contributed by atoms with E-state index >= 15 is 0 Å². The summed E-state index contributed by atoms with van der Waals surface area (Å²) < 4.78 is 0. The number of nitrogens with one attached hydrogen (secondary N) is 1. The van der Waals surface area contributed by atoms with Gasteiger partial charge in [-0.05, 0) is 36.9 Å². The number of anilines is 1. The summed E-state index contributed by atoms with van der Waals surface area (Å²) in [5.74, 6) is 0. The van der Waals surface area contributed by atoms with Gasteiger partial charge in [-0.25, -0.2) is 0 Å². The van der Waals surface area contributed by atoms with Gasteiger partial charge in [-0.1, -0.05) is 12.1 Å². The van der Waals surface area contributed by atoms with Crippen molar-refractivity contribution in [1.82, 2.24) is 9.88 Å². The van der Waals surface area contributed by atoms with Crippen LogP contribution in [0.25, 0.3) is 0 Å². The van der Waals surface area contributed by atoms with Crippen LogP contribution in [0.4, 0.5) is 5.69 Å². The molecule has 1 N–H and O–H groups in total. The third-order valence-electron chi connectivity index (χ3n) is 3.05. The zero-order valence-corrected chi connectivity index (χ0v) is 11.8. The minimum absolute atomic E-state index is 0.700. The van der Waals surface area contributed by atoms with Crippen LogP contribution in [0.3, 0.4) is 0 Å². The highest BCUT2D eigenvalue weighted by Gasteiger charge is 2.04. The quantitative estimate of drug-likeness (QED) is 0.904. The Kier molecular flexibility index (Phi) is 4.70. The van der Waals surface area contributed by atoms with Crippen molar-refractivity contribution in [3.05, 3.63) is 59.4 Å². The molecular weight excluding hydrogens is 248 g/mol. The van der Waals surface area contributed by atoms with E-state index in [1.165, 1.54) is 0 Å². The van der Waals surface area contributed by atoms with Crippen molar-refractivity contribution in [1.29, 1.82) is 5.26 Å². The van der Waals surface area contributed by atoms with Gasteiger partial charge in [-0.3, -0.25) is 9.88 Å². The first-order valence-electron chi connectivity index (χ1n) is 6.51. The molecular formula is C16H18N4. The lowest BCUT2D eigenvalue weighted by Gasteiger charge is -2.16. The standard InChI is InChI=1S/C16H18N4/c1-18-15-6-7-19-16(9-15)12-20(2)11-14-5-3-4-13(8-14)10-17/h3-9H,11-12H2,1-2H3,(H,18,19). The molecule has 0 saturated carbocycles. The van der Waals surface area contributed by atoms with E-state index in [9.17, 15) is 0 Å². The highest BCUT2D eigenvalue weighted by Crippen LogP contribution is 2.11. The Bertz CT molecular complexity index is 616. The summed E-state index contributed by atoms with van der Waals surface area (Å²) >= 11 is 0. The average molecular weight is 266 g/mol. The van der Waals surface area contributed by atoms with Gasteiger partial charge in [0.25, 0.3) is 0 Å². The van der Waals surface area contributed by atoms with E-state index in [0.717, 1.165) is 30.0 Å². The molecule has 0 aliphatic heterocycles. The summed E-state index contributed by atoms with van der Waals surface area (Å²) in [4.78, 5) is 6.55. The predicted molar refractivity (Wildman–Crippen MR) is 80.1 cm³/mol. The van der Waals surface area contributed by atoms with Crippen LogP contribution >= 0.6 is 0 Å². The fraction of sp³-hybridized carbons (Fsp3) is 0.250. The molecule has 20 heavy (non-hydrogen) atoms. The summed E-state index contributed by atoms with van der Waals surface area (Å²) in [6.45, 7) is 1.56. The van der Waals surface area contributed by atoms with Crippen molar-refractivity contribution < 1.29 is 0 Å². The van der Waals surface area contributed by atoms with Gasteiger partial charge in [-0.15, -0.1) is 0 Å². The molecule has 4 nitrogen and oxygen atoms in total. The number of rotatable bonds is 5. The highest BCUT2D eigenvalue weighted by molar-refractivity contribution is 5.42. The zero-order chi connectivity index (χ0) is 14.4. The molecule has 102 valence electrons. The van der Waals surface area contributed by atoms with Crippen molar-refractivity contribution in [2.75, 3.05) is 19.4 Å². The first kappa shape index (κ1) is 14.0. The zero-order valence-electron chi connectivity index (χ0n) is 11.8. The lowest BCUT2D eigenvalue weighted by atomic mass is 10.1. The topological polar surface area (TPSA) is 52.0 Å². The fourth-order valence-corrected chi connectivity index (χ4v) is 2.10. The Morgan fingerprint density at radius 2 is 2.10 bits per heavy atom. The minimum atomic E-state index is 0.700. The monoisotopic (exact) mass is 266 g/mol. The maximum atomic E-state index is 8.91.